The number of carboxylic acids is 1. The van der Waals surface area contributed by atoms with Crippen LogP contribution in [0.15, 0.2) is 18.3 Å². The molecule has 14 heavy (non-hydrogen) atoms. The second-order valence-electron chi connectivity index (χ2n) is 2.96. The largest absolute Gasteiger partial charge is 0.480 e. The van der Waals surface area contributed by atoms with E-state index in [2.05, 4.69) is 4.98 Å². The van der Waals surface area contributed by atoms with Gasteiger partial charge < -0.3 is 15.9 Å². The highest BCUT2D eigenvalue weighted by molar-refractivity contribution is 5.73. The van der Waals surface area contributed by atoms with E-state index >= 15 is 0 Å². The molecule has 0 saturated heterocycles. The van der Waals surface area contributed by atoms with Crippen LogP contribution in [0.4, 0.5) is 0 Å². The molecule has 0 fully saturated rings. The Labute approximate surface area is 81.2 Å². The van der Waals surface area contributed by atoms with Crippen LogP contribution in [-0.4, -0.2) is 27.2 Å². The minimum Gasteiger partial charge on any atom is -0.480 e. The zero-order chi connectivity index (χ0) is 10.6. The molecule has 0 aliphatic heterocycles. The summed E-state index contributed by atoms with van der Waals surface area (Å²) in [6.45, 7) is -0.120. The zero-order valence-corrected chi connectivity index (χ0v) is 7.55. The topological polar surface area (TPSA) is 96.4 Å². The number of nitrogens with zero attached hydrogens (tertiary/aromatic N) is 1. The summed E-state index contributed by atoms with van der Waals surface area (Å²) < 4.78 is 0. The van der Waals surface area contributed by atoms with E-state index < -0.39 is 12.0 Å². The molecule has 0 aromatic carbocycles. The van der Waals surface area contributed by atoms with Gasteiger partial charge in [0.1, 0.15) is 6.04 Å². The number of pyridine rings is 1. The van der Waals surface area contributed by atoms with Crippen molar-refractivity contribution in [1.29, 1.82) is 0 Å². The van der Waals surface area contributed by atoms with Gasteiger partial charge in [0.05, 0.1) is 12.3 Å². The lowest BCUT2D eigenvalue weighted by Gasteiger charge is -2.05. The molecule has 1 aromatic rings. The average Bonchev–Trinajstić information content (AvgIpc) is 2.19. The van der Waals surface area contributed by atoms with Crippen molar-refractivity contribution in [3.8, 4) is 0 Å². The fraction of sp³-hybridized carbons (Fsp3) is 0.333. The number of aliphatic carboxylic acids is 1. The van der Waals surface area contributed by atoms with E-state index in [9.17, 15) is 4.79 Å². The Morgan fingerprint density at radius 1 is 1.57 bits per heavy atom. The van der Waals surface area contributed by atoms with E-state index in [1.54, 1.807) is 12.1 Å². The summed E-state index contributed by atoms with van der Waals surface area (Å²) in [6.07, 6.45) is 1.77. The van der Waals surface area contributed by atoms with Crippen LogP contribution in [0.25, 0.3) is 0 Å². The summed E-state index contributed by atoms with van der Waals surface area (Å²) in [7, 11) is 0. The van der Waals surface area contributed by atoms with Gasteiger partial charge in [0, 0.05) is 6.20 Å². The summed E-state index contributed by atoms with van der Waals surface area (Å²) in [5.74, 6) is -1.03. The van der Waals surface area contributed by atoms with E-state index in [1.165, 1.54) is 6.20 Å². The molecular weight excluding hydrogens is 184 g/mol. The maximum atomic E-state index is 10.4. The molecule has 0 aliphatic rings. The van der Waals surface area contributed by atoms with Gasteiger partial charge in [0.2, 0.25) is 0 Å². The molecule has 5 heteroatoms. The molecule has 5 nitrogen and oxygen atoms in total. The minimum absolute atomic E-state index is 0.120. The molecule has 0 saturated carbocycles. The van der Waals surface area contributed by atoms with Crippen molar-refractivity contribution >= 4 is 5.97 Å². The number of carboxylic acid groups (broad SMARTS) is 1. The van der Waals surface area contributed by atoms with Crippen LogP contribution in [0, 0.1) is 0 Å². The number of hydrogen-bond donors (Lipinski definition) is 3. The summed E-state index contributed by atoms with van der Waals surface area (Å²) in [5, 5.41) is 17.3. The van der Waals surface area contributed by atoms with Crippen molar-refractivity contribution < 1.29 is 15.0 Å². The number of nitrogens with two attached hydrogens (primary N) is 1. The van der Waals surface area contributed by atoms with Gasteiger partial charge in [-0.1, -0.05) is 6.07 Å². The van der Waals surface area contributed by atoms with Crippen LogP contribution in [0.3, 0.4) is 0 Å². The Bertz CT molecular complexity index is 310. The number of aliphatic hydroxyl groups excluding tert-OH is 1. The first kappa shape index (κ1) is 10.6. The number of hydrogen-bond acceptors (Lipinski definition) is 4. The summed E-state index contributed by atoms with van der Waals surface area (Å²) in [5.41, 5.74) is 6.64. The second-order valence-corrected chi connectivity index (χ2v) is 2.96. The lowest BCUT2D eigenvalue weighted by atomic mass is 10.1. The number of aromatic nitrogens is 1. The first-order valence-electron chi connectivity index (χ1n) is 4.16. The Morgan fingerprint density at radius 2 is 2.29 bits per heavy atom. The molecule has 0 aliphatic carbocycles. The molecule has 0 amide bonds. The molecule has 1 rings (SSSR count). The SMILES string of the molecule is NC(Cc1ccc(CO)nc1)C(=O)O. The van der Waals surface area contributed by atoms with Crippen molar-refractivity contribution in [3.05, 3.63) is 29.6 Å². The van der Waals surface area contributed by atoms with E-state index in [0.29, 0.717) is 5.69 Å². The Morgan fingerprint density at radius 3 is 2.71 bits per heavy atom. The molecule has 0 spiro atoms. The van der Waals surface area contributed by atoms with Crippen LogP contribution < -0.4 is 5.73 Å². The molecular formula is C9H12N2O3. The fourth-order valence-corrected chi connectivity index (χ4v) is 1.01. The van der Waals surface area contributed by atoms with Crippen LogP contribution in [-0.2, 0) is 17.8 Å². The molecule has 0 bridgehead atoms. The lowest BCUT2D eigenvalue weighted by molar-refractivity contribution is -0.138. The highest BCUT2D eigenvalue weighted by Crippen LogP contribution is 2.03. The highest BCUT2D eigenvalue weighted by Gasteiger charge is 2.11. The van der Waals surface area contributed by atoms with Gasteiger partial charge in [-0.15, -0.1) is 0 Å². The highest BCUT2D eigenvalue weighted by atomic mass is 16.4. The van der Waals surface area contributed by atoms with Crippen molar-refractivity contribution in [2.75, 3.05) is 0 Å². The maximum absolute atomic E-state index is 10.4. The third-order valence-electron chi connectivity index (χ3n) is 1.82. The van der Waals surface area contributed by atoms with Crippen molar-refractivity contribution in [2.24, 2.45) is 5.73 Å². The van der Waals surface area contributed by atoms with Crippen LogP contribution in [0.2, 0.25) is 0 Å². The monoisotopic (exact) mass is 196 g/mol. The summed E-state index contributed by atoms with van der Waals surface area (Å²) in [4.78, 5) is 14.4. The van der Waals surface area contributed by atoms with Crippen LogP contribution >= 0.6 is 0 Å². The van der Waals surface area contributed by atoms with Crippen LogP contribution in [0.1, 0.15) is 11.3 Å². The summed E-state index contributed by atoms with van der Waals surface area (Å²) >= 11 is 0. The summed E-state index contributed by atoms with van der Waals surface area (Å²) in [6, 6.07) is 2.45. The molecule has 1 atom stereocenters. The molecule has 4 N–H and O–H groups in total. The smallest absolute Gasteiger partial charge is 0.320 e. The van der Waals surface area contributed by atoms with E-state index in [4.69, 9.17) is 15.9 Å². The molecule has 1 heterocycles. The predicted octanol–water partition coefficient (Wildman–Crippen LogP) is -0.472. The Balaban J connectivity index is 2.64. The lowest BCUT2D eigenvalue weighted by Crippen LogP contribution is -2.32. The third-order valence-corrected chi connectivity index (χ3v) is 1.82. The van der Waals surface area contributed by atoms with E-state index in [1.807, 2.05) is 0 Å². The van der Waals surface area contributed by atoms with E-state index in [0.717, 1.165) is 5.56 Å². The van der Waals surface area contributed by atoms with Crippen molar-refractivity contribution in [2.45, 2.75) is 19.1 Å². The first-order chi connectivity index (χ1) is 6.63. The quantitative estimate of drug-likeness (QED) is 0.604. The number of aliphatic hydroxyl groups is 1. The fourth-order valence-electron chi connectivity index (χ4n) is 1.01. The Kier molecular flexibility index (Phi) is 3.55. The molecule has 76 valence electrons. The van der Waals surface area contributed by atoms with Gasteiger partial charge in [-0.05, 0) is 18.1 Å². The number of carbonyl (C=O) groups is 1. The standard InChI is InChI=1S/C9H12N2O3/c10-8(9(13)14)3-6-1-2-7(5-12)11-4-6/h1-2,4,8,12H,3,5,10H2,(H,13,14). The molecule has 1 unspecified atom stereocenters. The third kappa shape index (κ3) is 2.79. The second kappa shape index (κ2) is 4.69. The van der Waals surface area contributed by atoms with Crippen molar-refractivity contribution in [1.82, 2.24) is 4.98 Å². The molecule has 1 aromatic heterocycles. The van der Waals surface area contributed by atoms with Gasteiger partial charge in [-0.2, -0.15) is 0 Å². The zero-order valence-electron chi connectivity index (χ0n) is 7.55. The molecule has 0 radical (unpaired) electrons. The van der Waals surface area contributed by atoms with E-state index in [-0.39, 0.29) is 13.0 Å². The van der Waals surface area contributed by atoms with Gasteiger partial charge in [0.25, 0.3) is 0 Å². The minimum atomic E-state index is -1.03. The average molecular weight is 196 g/mol. The maximum Gasteiger partial charge on any atom is 0.320 e. The van der Waals surface area contributed by atoms with Gasteiger partial charge in [0.15, 0.2) is 0 Å². The predicted molar refractivity (Wildman–Crippen MR) is 49.5 cm³/mol. The first-order valence-corrected chi connectivity index (χ1v) is 4.16. The normalized spacial score (nSPS) is 12.4. The number of rotatable bonds is 4. The van der Waals surface area contributed by atoms with Gasteiger partial charge in [-0.25, -0.2) is 0 Å². The van der Waals surface area contributed by atoms with Crippen molar-refractivity contribution in [3.63, 3.8) is 0 Å². The van der Waals surface area contributed by atoms with Gasteiger partial charge >= 0.3 is 5.97 Å². The van der Waals surface area contributed by atoms with Gasteiger partial charge in [-0.3, -0.25) is 9.78 Å². The van der Waals surface area contributed by atoms with Crippen LogP contribution in [0.5, 0.6) is 0 Å². The Hall–Kier alpha value is -1.46.